The maximum atomic E-state index is 11.8. The Labute approximate surface area is 153 Å². The fourth-order valence-corrected chi connectivity index (χ4v) is 2.93. The van der Waals surface area contributed by atoms with E-state index in [1.807, 2.05) is 24.3 Å². The Hall–Kier alpha value is -1.54. The molecular weight excluding hydrogens is 394 g/mol. The van der Waals surface area contributed by atoms with Crippen LogP contribution >= 0.6 is 27.7 Å². The number of hydrogen-bond donors (Lipinski definition) is 1. The highest BCUT2D eigenvalue weighted by Crippen LogP contribution is 2.24. The van der Waals surface area contributed by atoms with Crippen molar-refractivity contribution in [1.29, 1.82) is 0 Å². The third-order valence-electron chi connectivity index (χ3n) is 2.78. The molecule has 0 spiro atoms. The number of benzene rings is 1. The number of hydrogen-bond acceptors (Lipinski definition) is 6. The van der Waals surface area contributed by atoms with E-state index in [2.05, 4.69) is 31.4 Å². The van der Waals surface area contributed by atoms with E-state index in [9.17, 15) is 4.79 Å². The predicted octanol–water partition coefficient (Wildman–Crippen LogP) is 4.71. The minimum atomic E-state index is -0.552. The van der Waals surface area contributed by atoms with E-state index in [1.54, 1.807) is 27.7 Å². The molecule has 1 amide bonds. The summed E-state index contributed by atoms with van der Waals surface area (Å²) in [4.78, 5) is 11.8. The summed E-state index contributed by atoms with van der Waals surface area (Å²) in [7, 11) is 0. The van der Waals surface area contributed by atoms with Gasteiger partial charge in [-0.2, -0.15) is 0 Å². The van der Waals surface area contributed by atoms with Gasteiger partial charge in [-0.25, -0.2) is 4.79 Å². The number of rotatable bonds is 5. The van der Waals surface area contributed by atoms with Gasteiger partial charge in [-0.05, 0) is 45.4 Å². The minimum Gasteiger partial charge on any atom is -0.444 e. The van der Waals surface area contributed by atoms with Gasteiger partial charge in [0.05, 0.1) is 0 Å². The van der Waals surface area contributed by atoms with Gasteiger partial charge in [-0.1, -0.05) is 39.8 Å². The molecule has 0 fully saturated rings. The van der Waals surface area contributed by atoms with Crippen molar-refractivity contribution < 1.29 is 13.9 Å². The Morgan fingerprint density at radius 1 is 1.42 bits per heavy atom. The van der Waals surface area contributed by atoms with Gasteiger partial charge < -0.3 is 14.5 Å². The van der Waals surface area contributed by atoms with Crippen LogP contribution < -0.4 is 5.32 Å². The molecule has 0 saturated carbocycles. The van der Waals surface area contributed by atoms with Crippen molar-refractivity contribution in [3.05, 3.63) is 40.2 Å². The summed E-state index contributed by atoms with van der Waals surface area (Å²) in [5, 5.41) is 11.1. The van der Waals surface area contributed by atoms with Gasteiger partial charge in [0.2, 0.25) is 5.89 Å². The predicted molar refractivity (Wildman–Crippen MR) is 95.8 cm³/mol. The van der Waals surface area contributed by atoms with Crippen LogP contribution in [0.4, 0.5) is 4.79 Å². The SMILES string of the molecule is C[C@@H](NC(=O)OC(C)(C)C)c1nnc(SCc2cccc(Br)c2)o1. The number of aromatic nitrogens is 2. The van der Waals surface area contributed by atoms with E-state index >= 15 is 0 Å². The summed E-state index contributed by atoms with van der Waals surface area (Å²) < 4.78 is 11.8. The Morgan fingerprint density at radius 2 is 2.17 bits per heavy atom. The van der Waals surface area contributed by atoms with Gasteiger partial charge in [0.1, 0.15) is 11.6 Å². The lowest BCUT2D eigenvalue weighted by Crippen LogP contribution is -2.34. The number of nitrogens with zero attached hydrogens (tertiary/aromatic N) is 2. The molecule has 1 aromatic carbocycles. The molecule has 0 radical (unpaired) electrons. The summed E-state index contributed by atoms with van der Waals surface area (Å²) in [5.41, 5.74) is 0.595. The number of halogens is 1. The van der Waals surface area contributed by atoms with Crippen LogP contribution in [0.15, 0.2) is 38.4 Å². The molecule has 0 aliphatic heterocycles. The first kappa shape index (κ1) is 18.8. The number of ether oxygens (including phenoxy) is 1. The molecule has 0 saturated heterocycles. The minimum absolute atomic E-state index is 0.345. The number of carbonyl (C=O) groups is 1. The molecule has 2 rings (SSSR count). The maximum absolute atomic E-state index is 11.8. The summed E-state index contributed by atoms with van der Waals surface area (Å²) in [6, 6.07) is 7.60. The number of carbonyl (C=O) groups excluding carboxylic acids is 1. The summed E-state index contributed by atoms with van der Waals surface area (Å²) in [5.74, 6) is 1.06. The van der Waals surface area contributed by atoms with E-state index < -0.39 is 17.7 Å². The lowest BCUT2D eigenvalue weighted by Gasteiger charge is -2.20. The second-order valence-corrected chi connectivity index (χ2v) is 8.03. The van der Waals surface area contributed by atoms with Crippen LogP contribution in [0.1, 0.15) is 45.2 Å². The molecule has 0 aliphatic carbocycles. The second-order valence-electron chi connectivity index (χ2n) is 6.19. The second kappa shape index (κ2) is 8.02. The average molecular weight is 414 g/mol. The van der Waals surface area contributed by atoms with Gasteiger partial charge in [0, 0.05) is 10.2 Å². The highest BCUT2D eigenvalue weighted by molar-refractivity contribution is 9.10. The standard InChI is InChI=1S/C16H20BrN3O3S/c1-10(18-14(21)23-16(2,3)4)13-19-20-15(22-13)24-9-11-6-5-7-12(17)8-11/h5-8,10H,9H2,1-4H3,(H,18,21)/t10-/m1/s1. The first-order chi connectivity index (χ1) is 11.2. The third kappa shape index (κ3) is 6.16. The smallest absolute Gasteiger partial charge is 0.408 e. The van der Waals surface area contributed by atoms with Crippen LogP contribution in [0.3, 0.4) is 0 Å². The van der Waals surface area contributed by atoms with Crippen molar-refractivity contribution >= 4 is 33.8 Å². The van der Waals surface area contributed by atoms with Gasteiger partial charge in [0.15, 0.2) is 0 Å². The number of amides is 1. The molecule has 1 aromatic heterocycles. The Kier molecular flexibility index (Phi) is 6.28. The normalized spacial score (nSPS) is 12.7. The Balaban J connectivity index is 1.89. The van der Waals surface area contributed by atoms with Crippen LogP contribution in [-0.2, 0) is 10.5 Å². The van der Waals surface area contributed by atoms with E-state index in [0.717, 1.165) is 15.8 Å². The Bertz CT molecular complexity index is 700. The topological polar surface area (TPSA) is 77.2 Å². The molecule has 0 unspecified atom stereocenters. The highest BCUT2D eigenvalue weighted by Gasteiger charge is 2.21. The number of alkyl carbamates (subject to hydrolysis) is 1. The van der Waals surface area contributed by atoms with Crippen molar-refractivity contribution in [3.8, 4) is 0 Å². The molecule has 8 heteroatoms. The fourth-order valence-electron chi connectivity index (χ4n) is 1.77. The quantitative estimate of drug-likeness (QED) is 0.714. The molecule has 6 nitrogen and oxygen atoms in total. The van der Waals surface area contributed by atoms with E-state index in [-0.39, 0.29) is 0 Å². The number of nitrogens with one attached hydrogen (secondary N) is 1. The molecule has 24 heavy (non-hydrogen) atoms. The molecule has 1 N–H and O–H groups in total. The van der Waals surface area contributed by atoms with Crippen molar-refractivity contribution in [2.45, 2.75) is 50.3 Å². The van der Waals surface area contributed by atoms with Crippen LogP contribution in [0.2, 0.25) is 0 Å². The highest BCUT2D eigenvalue weighted by atomic mass is 79.9. The van der Waals surface area contributed by atoms with Crippen LogP contribution in [0.5, 0.6) is 0 Å². The molecule has 1 heterocycles. The lowest BCUT2D eigenvalue weighted by atomic mass is 10.2. The Morgan fingerprint density at radius 3 is 2.83 bits per heavy atom. The van der Waals surface area contributed by atoms with Crippen LogP contribution in [0.25, 0.3) is 0 Å². The van der Waals surface area contributed by atoms with Crippen molar-refractivity contribution in [2.24, 2.45) is 0 Å². The first-order valence-corrected chi connectivity index (χ1v) is 9.21. The monoisotopic (exact) mass is 413 g/mol. The molecule has 130 valence electrons. The first-order valence-electron chi connectivity index (χ1n) is 7.43. The molecule has 2 aromatic rings. The van der Waals surface area contributed by atoms with Gasteiger partial charge in [-0.3, -0.25) is 0 Å². The summed E-state index contributed by atoms with van der Waals surface area (Å²) in [6.07, 6.45) is -0.517. The number of thioether (sulfide) groups is 1. The zero-order valence-corrected chi connectivity index (χ0v) is 16.4. The van der Waals surface area contributed by atoms with Crippen molar-refractivity contribution in [1.82, 2.24) is 15.5 Å². The summed E-state index contributed by atoms with van der Waals surface area (Å²) in [6.45, 7) is 7.18. The zero-order chi connectivity index (χ0) is 17.7. The van der Waals surface area contributed by atoms with Gasteiger partial charge in [0.25, 0.3) is 5.22 Å². The molecule has 0 aliphatic rings. The van der Waals surface area contributed by atoms with E-state index in [1.165, 1.54) is 11.8 Å². The fraction of sp³-hybridized carbons (Fsp3) is 0.438. The summed E-state index contributed by atoms with van der Waals surface area (Å²) >= 11 is 4.89. The third-order valence-corrected chi connectivity index (χ3v) is 4.16. The van der Waals surface area contributed by atoms with E-state index in [0.29, 0.717) is 11.1 Å². The van der Waals surface area contributed by atoms with Crippen molar-refractivity contribution in [3.63, 3.8) is 0 Å². The lowest BCUT2D eigenvalue weighted by molar-refractivity contribution is 0.0500. The van der Waals surface area contributed by atoms with Gasteiger partial charge >= 0.3 is 6.09 Å². The van der Waals surface area contributed by atoms with Gasteiger partial charge in [-0.15, -0.1) is 10.2 Å². The largest absolute Gasteiger partial charge is 0.444 e. The average Bonchev–Trinajstić information content (AvgIpc) is 2.92. The zero-order valence-electron chi connectivity index (χ0n) is 14.0. The molecule has 1 atom stereocenters. The van der Waals surface area contributed by atoms with Crippen molar-refractivity contribution in [2.75, 3.05) is 0 Å². The van der Waals surface area contributed by atoms with Crippen LogP contribution in [0, 0.1) is 0 Å². The maximum Gasteiger partial charge on any atom is 0.408 e. The van der Waals surface area contributed by atoms with Crippen LogP contribution in [-0.4, -0.2) is 21.9 Å². The molecule has 0 bridgehead atoms. The van der Waals surface area contributed by atoms with E-state index in [4.69, 9.17) is 9.15 Å². The molecular formula is C16H20BrN3O3S.